The molecule has 0 amide bonds. The molecule has 0 heterocycles. The van der Waals surface area contributed by atoms with Gasteiger partial charge < -0.3 is 20.2 Å². The second-order valence-electron chi connectivity index (χ2n) is 0.149. The predicted molar refractivity (Wildman–Crippen MR) is 26.6 cm³/mol. The molecular weight excluding hydrogens is 154 g/mol. The van der Waals surface area contributed by atoms with Crippen LogP contribution in [0.4, 0.5) is 0 Å². The molecule has 0 aliphatic rings. The summed E-state index contributed by atoms with van der Waals surface area (Å²) in [7, 11) is 0. The second-order valence-corrected chi connectivity index (χ2v) is 0.149. The van der Waals surface area contributed by atoms with Crippen molar-refractivity contribution in [2.24, 2.45) is 10.7 Å². The zero-order valence-electron chi connectivity index (χ0n) is 4.53. The molecule has 0 aliphatic heterocycles. The third-order valence-corrected chi connectivity index (χ3v) is 0. The van der Waals surface area contributed by atoms with Crippen molar-refractivity contribution in [3.05, 3.63) is 20.2 Å². The average Bonchev–Trinajstić information content (AvgIpc) is 1.39. The molecule has 0 unspecified atom stereocenters. The summed E-state index contributed by atoms with van der Waals surface area (Å²) in [4.78, 5) is 16.0. The molecule has 0 spiro atoms. The van der Waals surface area contributed by atoms with E-state index in [0.29, 0.717) is 0 Å². The van der Waals surface area contributed by atoms with Gasteiger partial charge in [0.2, 0.25) is 0 Å². The number of hydrogen-bond donors (Lipinski definition) is 0. The topological polar surface area (TPSA) is 105 Å². The van der Waals surface area contributed by atoms with Crippen LogP contribution in [0, 0.1) is 20.2 Å². The van der Waals surface area contributed by atoms with Gasteiger partial charge in [-0.05, 0) is 0 Å². The first-order valence-electron chi connectivity index (χ1n) is 0.730. The maximum absolute atomic E-state index is 8.00. The summed E-state index contributed by atoms with van der Waals surface area (Å²) >= 11 is 0. The molecule has 0 aromatic carbocycles. The van der Waals surface area contributed by atoms with Crippen molar-refractivity contribution < 1.29 is 52.8 Å². The molecule has 6 nitrogen and oxygen atoms in total. The first-order valence-corrected chi connectivity index (χ1v) is 0.730. The summed E-state index contributed by atoms with van der Waals surface area (Å²) in [5, 5.41) is 18.0. The van der Waals surface area contributed by atoms with E-state index in [0.717, 1.165) is 10.7 Å². The van der Waals surface area contributed by atoms with Crippen LogP contribution < -0.4 is 51.4 Å². The fourth-order valence-electron chi connectivity index (χ4n) is 0. The molecule has 0 atom stereocenters. The minimum absolute atomic E-state index is 0. The normalized spacial score (nSPS) is 3.00. The first-order chi connectivity index (χ1) is 2.83. The van der Waals surface area contributed by atoms with Crippen molar-refractivity contribution in [2.45, 2.75) is 0 Å². The van der Waals surface area contributed by atoms with Crippen molar-refractivity contribution in [3.63, 3.8) is 0 Å². The van der Waals surface area contributed by atoms with Crippen LogP contribution in [0.25, 0.3) is 0 Å². The van der Waals surface area contributed by atoms with Crippen LogP contribution in [0.3, 0.4) is 0 Å². The Bertz CT molecular complexity index is 39.5. The Balaban J connectivity index is -0.00000000889. The van der Waals surface area contributed by atoms with Crippen molar-refractivity contribution >= 4 is 29.6 Å². The molecule has 0 aromatic heterocycles. The van der Waals surface area contributed by atoms with Crippen LogP contribution in [-0.2, 0) is 0 Å². The van der Waals surface area contributed by atoms with Gasteiger partial charge in [0.15, 0.2) is 0 Å². The van der Waals surface area contributed by atoms with E-state index in [1.807, 2.05) is 0 Å². The Labute approximate surface area is 111 Å². The van der Waals surface area contributed by atoms with Gasteiger partial charge in [-0.15, -0.1) is 10.7 Å². The van der Waals surface area contributed by atoms with Gasteiger partial charge in [0.1, 0.15) is 0 Å². The van der Waals surface area contributed by atoms with Crippen LogP contribution in [0.1, 0.15) is 1.43 Å². The standard InChI is InChI=1S/K.2HNO2.Na.H/c;2*2-1-3;;/h;2*(H,2,3);;/q+1;;;;/p-1. The van der Waals surface area contributed by atoms with E-state index in [1.54, 1.807) is 0 Å². The molecule has 0 aromatic rings. The fraction of sp³-hybridized carbons (Fsp3) is 0. The SMILES string of the molecule is O=N[O-].O=N[O-].[H+].[K+].[NaH]. The summed E-state index contributed by atoms with van der Waals surface area (Å²) in [6.07, 6.45) is 0. The van der Waals surface area contributed by atoms with Gasteiger partial charge in [-0.3, -0.25) is 0 Å². The predicted octanol–water partition coefficient (Wildman–Crippen LogP) is -3.03. The van der Waals surface area contributed by atoms with Crippen LogP contribution in [0.5, 0.6) is 0 Å². The molecule has 0 fully saturated rings. The summed E-state index contributed by atoms with van der Waals surface area (Å²) in [5.41, 5.74) is 0. The molecule has 0 aliphatic carbocycles. The van der Waals surface area contributed by atoms with E-state index in [-0.39, 0.29) is 82.4 Å². The van der Waals surface area contributed by atoms with E-state index < -0.39 is 0 Å². The number of rotatable bonds is 0. The summed E-state index contributed by atoms with van der Waals surface area (Å²) in [6, 6.07) is 0. The minimum atomic E-state index is 0. The summed E-state index contributed by atoms with van der Waals surface area (Å²) < 4.78 is 0. The second kappa shape index (κ2) is 39.5. The summed E-state index contributed by atoms with van der Waals surface area (Å²) in [6.45, 7) is 0. The number of hydrogen-bond acceptors (Lipinski definition) is 6. The molecule has 0 N–H and O–H groups in total. The quantitative estimate of drug-likeness (QED) is 0.211. The zero-order chi connectivity index (χ0) is 5.41. The molecule has 0 bridgehead atoms. The Morgan fingerprint density at radius 2 is 1.12 bits per heavy atom. The maximum atomic E-state index is 8.00. The van der Waals surface area contributed by atoms with E-state index >= 15 is 0 Å². The third kappa shape index (κ3) is 149. The Morgan fingerprint density at radius 3 is 1.12 bits per heavy atom. The molecule has 0 radical (unpaired) electrons. The van der Waals surface area contributed by atoms with E-state index in [2.05, 4.69) is 0 Å². The van der Waals surface area contributed by atoms with Gasteiger partial charge in [-0.1, -0.05) is 0 Å². The van der Waals surface area contributed by atoms with Gasteiger partial charge >= 0.3 is 82.4 Å². The van der Waals surface area contributed by atoms with Crippen molar-refractivity contribution in [1.82, 2.24) is 0 Å². The van der Waals surface area contributed by atoms with Crippen molar-refractivity contribution in [3.8, 4) is 0 Å². The van der Waals surface area contributed by atoms with Crippen LogP contribution in [0.15, 0.2) is 10.7 Å². The third-order valence-electron chi connectivity index (χ3n) is 0. The number of nitrogens with zero attached hydrogens (tertiary/aromatic N) is 2. The van der Waals surface area contributed by atoms with Crippen molar-refractivity contribution in [2.75, 3.05) is 0 Å². The average molecular weight is 156 g/mol. The monoisotopic (exact) mass is 156 g/mol. The van der Waals surface area contributed by atoms with E-state index in [1.165, 1.54) is 0 Å². The van der Waals surface area contributed by atoms with E-state index in [4.69, 9.17) is 20.2 Å². The summed E-state index contributed by atoms with van der Waals surface area (Å²) in [5.74, 6) is 0. The Morgan fingerprint density at radius 1 is 1.12 bits per heavy atom. The van der Waals surface area contributed by atoms with Crippen LogP contribution in [0.2, 0.25) is 0 Å². The zero-order valence-corrected chi connectivity index (χ0v) is 6.65. The molecule has 0 rings (SSSR count). The molecule has 0 saturated carbocycles. The van der Waals surface area contributed by atoms with Gasteiger partial charge in [-0.2, -0.15) is 0 Å². The van der Waals surface area contributed by atoms with Gasteiger partial charge in [0, 0.05) is 0 Å². The first kappa shape index (κ1) is 22.7. The molecular formula is H2KN2NaO4. The Hall–Kier alpha value is 1.44. The molecule has 8 heteroatoms. The Kier molecular flexibility index (Phi) is 112. The van der Waals surface area contributed by atoms with Crippen LogP contribution >= 0.6 is 0 Å². The van der Waals surface area contributed by atoms with Gasteiger partial charge in [0.25, 0.3) is 0 Å². The van der Waals surface area contributed by atoms with Crippen molar-refractivity contribution in [1.29, 1.82) is 0 Å². The fourth-order valence-corrected chi connectivity index (χ4v) is 0. The van der Waals surface area contributed by atoms with Gasteiger partial charge in [0.05, 0.1) is 0 Å². The molecule has 8 heavy (non-hydrogen) atoms. The molecule has 38 valence electrons. The van der Waals surface area contributed by atoms with E-state index in [9.17, 15) is 0 Å². The van der Waals surface area contributed by atoms with Gasteiger partial charge in [-0.25, -0.2) is 0 Å². The van der Waals surface area contributed by atoms with Crippen LogP contribution in [-0.4, -0.2) is 29.6 Å². The molecule has 0 saturated heterocycles.